The van der Waals surface area contributed by atoms with Gasteiger partial charge in [0.25, 0.3) is 5.91 Å². The van der Waals surface area contributed by atoms with Crippen LogP contribution in [0.5, 0.6) is 0 Å². The third-order valence-electron chi connectivity index (χ3n) is 5.05. The van der Waals surface area contributed by atoms with Gasteiger partial charge in [0.15, 0.2) is 5.78 Å². The van der Waals surface area contributed by atoms with Crippen molar-refractivity contribution in [2.75, 3.05) is 13.2 Å². The van der Waals surface area contributed by atoms with E-state index in [1.165, 1.54) is 24.3 Å². The van der Waals surface area contributed by atoms with Crippen LogP contribution in [0, 0.1) is 0 Å². The summed E-state index contributed by atoms with van der Waals surface area (Å²) in [5.41, 5.74) is -0.0777. The highest BCUT2D eigenvalue weighted by atomic mass is 16.5. The van der Waals surface area contributed by atoms with E-state index in [1.54, 1.807) is 72.9 Å². The first-order chi connectivity index (χ1) is 19.5. The zero-order chi connectivity index (χ0) is 28.8. The summed E-state index contributed by atoms with van der Waals surface area (Å²) in [6, 6.07) is 0. The predicted molar refractivity (Wildman–Crippen MR) is 156 cm³/mol. The van der Waals surface area contributed by atoms with E-state index in [4.69, 9.17) is 4.74 Å². The third kappa shape index (κ3) is 12.9. The first-order valence-corrected chi connectivity index (χ1v) is 12.6. The molecule has 0 unspecified atom stereocenters. The van der Waals surface area contributed by atoms with Crippen molar-refractivity contribution in [1.82, 2.24) is 4.90 Å². The lowest BCUT2D eigenvalue weighted by Crippen LogP contribution is -2.39. The van der Waals surface area contributed by atoms with Crippen LogP contribution in [0.15, 0.2) is 145 Å². The van der Waals surface area contributed by atoms with E-state index in [0.717, 1.165) is 11.0 Å². The molecule has 0 aliphatic carbocycles. The van der Waals surface area contributed by atoms with Gasteiger partial charge in [0, 0.05) is 19.4 Å². The fourth-order valence-electron chi connectivity index (χ4n) is 3.07. The van der Waals surface area contributed by atoms with Gasteiger partial charge in [-0.3, -0.25) is 24.1 Å². The van der Waals surface area contributed by atoms with Crippen LogP contribution in [0.2, 0.25) is 0 Å². The monoisotopic (exact) mass is 537 g/mol. The van der Waals surface area contributed by atoms with Crippen LogP contribution < -0.4 is 0 Å². The van der Waals surface area contributed by atoms with Crippen LogP contribution >= 0.6 is 0 Å². The Hall–Kier alpha value is -5.17. The van der Waals surface area contributed by atoms with Crippen molar-refractivity contribution in [1.29, 1.82) is 0 Å². The number of nitrogens with zero attached hydrogens (tertiary/aromatic N) is 1. The zero-order valence-corrected chi connectivity index (χ0v) is 22.0. The Morgan fingerprint density at radius 2 is 1.10 bits per heavy atom. The van der Waals surface area contributed by atoms with Crippen molar-refractivity contribution in [2.24, 2.45) is 0 Å². The zero-order valence-electron chi connectivity index (χ0n) is 22.0. The summed E-state index contributed by atoms with van der Waals surface area (Å²) in [5, 5.41) is 0. The SMILES string of the molecule is O=C1C=CC=CC=CC=CC=CC=CC=CC=CC(=O)C(=O)N2CC=CC=C2C(=O)OCCC(=O)CC=CC=C1. The van der Waals surface area contributed by atoms with Gasteiger partial charge in [0.2, 0.25) is 5.78 Å². The van der Waals surface area contributed by atoms with Crippen LogP contribution in [-0.4, -0.2) is 47.3 Å². The number of hydrogen-bond donors (Lipinski definition) is 0. The first-order valence-electron chi connectivity index (χ1n) is 12.6. The molecule has 0 aromatic carbocycles. The molecule has 2 heterocycles. The number of ketones is 3. The smallest absolute Gasteiger partial charge is 0.355 e. The topological polar surface area (TPSA) is 97.8 Å². The summed E-state index contributed by atoms with van der Waals surface area (Å²) in [6.45, 7) is -0.131. The molecule has 0 saturated carbocycles. The molecule has 0 aromatic heterocycles. The number of esters is 1. The van der Waals surface area contributed by atoms with Crippen LogP contribution in [0.1, 0.15) is 12.8 Å². The molecule has 0 bridgehead atoms. The van der Waals surface area contributed by atoms with E-state index in [2.05, 4.69) is 0 Å². The summed E-state index contributed by atoms with van der Waals surface area (Å²) in [4.78, 5) is 62.5. The number of fused-ring (bicyclic) bond motifs is 1. The molecule has 0 saturated heterocycles. The van der Waals surface area contributed by atoms with Crippen LogP contribution in [0.4, 0.5) is 0 Å². The molecule has 1 amide bonds. The number of carbonyl (C=O) groups excluding carboxylic acids is 5. The molecule has 7 nitrogen and oxygen atoms in total. The molecule has 0 atom stereocenters. The minimum atomic E-state index is -0.870. The van der Waals surface area contributed by atoms with Crippen molar-refractivity contribution in [2.45, 2.75) is 12.8 Å². The van der Waals surface area contributed by atoms with Gasteiger partial charge in [-0.1, -0.05) is 115 Å². The predicted octanol–water partition coefficient (Wildman–Crippen LogP) is 4.88. The lowest BCUT2D eigenvalue weighted by molar-refractivity contribution is -0.147. The number of rotatable bonds is 0. The lowest BCUT2D eigenvalue weighted by Gasteiger charge is -2.23. The highest BCUT2D eigenvalue weighted by Crippen LogP contribution is 2.13. The largest absolute Gasteiger partial charge is 0.461 e. The number of hydrogen-bond acceptors (Lipinski definition) is 6. The average molecular weight is 538 g/mol. The number of allylic oxidation sites excluding steroid dienone is 21. The molecule has 0 aromatic rings. The Labute approximate surface area is 234 Å². The number of cyclic esters (lactones) is 1. The minimum absolute atomic E-state index is 0.0205. The van der Waals surface area contributed by atoms with Crippen LogP contribution in [0.3, 0.4) is 0 Å². The molecule has 2 aliphatic rings. The molecular weight excluding hydrogens is 506 g/mol. The Bertz CT molecular complexity index is 1310. The molecule has 2 aliphatic heterocycles. The van der Waals surface area contributed by atoms with Crippen LogP contribution in [0.25, 0.3) is 0 Å². The summed E-state index contributed by atoms with van der Waals surface area (Å²) < 4.78 is 5.17. The highest BCUT2D eigenvalue weighted by Gasteiger charge is 2.28. The molecule has 204 valence electrons. The Morgan fingerprint density at radius 3 is 1.70 bits per heavy atom. The van der Waals surface area contributed by atoms with Gasteiger partial charge in [0.1, 0.15) is 11.5 Å². The van der Waals surface area contributed by atoms with Gasteiger partial charge < -0.3 is 4.74 Å². The molecule has 7 heteroatoms. The van der Waals surface area contributed by atoms with E-state index < -0.39 is 17.7 Å². The Kier molecular flexibility index (Phi) is 14.7. The first kappa shape index (κ1) is 31.1. The Balaban J connectivity index is 2.09. The van der Waals surface area contributed by atoms with E-state index >= 15 is 0 Å². The number of ether oxygens (including phenoxy) is 1. The van der Waals surface area contributed by atoms with Gasteiger partial charge in [-0.2, -0.15) is 0 Å². The summed E-state index contributed by atoms with van der Waals surface area (Å²) in [6.07, 6.45) is 37.9. The van der Waals surface area contributed by atoms with Crippen LogP contribution in [-0.2, 0) is 28.7 Å². The second kappa shape index (κ2) is 19.0. The fourth-order valence-corrected chi connectivity index (χ4v) is 3.07. The summed E-state index contributed by atoms with van der Waals surface area (Å²) in [7, 11) is 0. The second-order valence-electron chi connectivity index (χ2n) is 8.11. The van der Waals surface area contributed by atoms with Gasteiger partial charge in [-0.05, 0) is 24.3 Å². The molecule has 0 spiro atoms. The molecule has 0 N–H and O–H groups in total. The van der Waals surface area contributed by atoms with Gasteiger partial charge in [-0.25, -0.2) is 4.79 Å². The highest BCUT2D eigenvalue weighted by molar-refractivity contribution is 6.41. The summed E-state index contributed by atoms with van der Waals surface area (Å²) in [5.74, 6) is -2.83. The van der Waals surface area contributed by atoms with E-state index in [0.29, 0.717) is 0 Å². The maximum Gasteiger partial charge on any atom is 0.355 e. The van der Waals surface area contributed by atoms with Crippen molar-refractivity contribution in [3.05, 3.63) is 145 Å². The molecule has 0 fully saturated rings. The van der Waals surface area contributed by atoms with Crippen molar-refractivity contribution >= 4 is 29.2 Å². The van der Waals surface area contributed by atoms with Crippen molar-refractivity contribution in [3.63, 3.8) is 0 Å². The average Bonchev–Trinajstić information content (AvgIpc) is 2.95. The Morgan fingerprint density at radius 1 is 0.575 bits per heavy atom. The lowest BCUT2D eigenvalue weighted by atomic mass is 10.2. The number of carbonyl (C=O) groups is 5. The number of amides is 1. The molecule has 0 radical (unpaired) electrons. The third-order valence-corrected chi connectivity index (χ3v) is 5.05. The maximum absolute atomic E-state index is 12.7. The van der Waals surface area contributed by atoms with E-state index in [1.807, 2.05) is 36.5 Å². The van der Waals surface area contributed by atoms with Crippen molar-refractivity contribution in [3.8, 4) is 0 Å². The van der Waals surface area contributed by atoms with Gasteiger partial charge in [-0.15, -0.1) is 0 Å². The fraction of sp³-hybridized carbons (Fsp3) is 0.121. The molecular formula is C33H31NO6. The second-order valence-corrected chi connectivity index (χ2v) is 8.11. The van der Waals surface area contributed by atoms with E-state index in [-0.39, 0.29) is 43.3 Å². The van der Waals surface area contributed by atoms with Gasteiger partial charge in [0.05, 0.1) is 6.61 Å². The summed E-state index contributed by atoms with van der Waals surface area (Å²) >= 11 is 0. The quantitative estimate of drug-likeness (QED) is 0.323. The standard InChI is InChI=1S/C33H31NO6/c35-28-20-14-11-9-7-5-3-1-2-4-6-8-10-12-17-24-31(37)32(38)34-26-19-18-23-30(34)33(39)40-27-25-29(36)22-16-13-15-21-28/h1-21,23-24H,22,25-27H2. The minimum Gasteiger partial charge on any atom is -0.461 e. The number of Topliss-reactive ketones (excluding diaryl/α,β-unsaturated/α-hetero) is 1. The maximum atomic E-state index is 12.7. The van der Waals surface area contributed by atoms with Crippen molar-refractivity contribution < 1.29 is 28.7 Å². The molecule has 40 heavy (non-hydrogen) atoms. The molecule has 2 rings (SSSR count). The normalized spacial score (nSPS) is 18.6. The van der Waals surface area contributed by atoms with Gasteiger partial charge >= 0.3 is 5.97 Å². The van der Waals surface area contributed by atoms with E-state index in [9.17, 15) is 24.0 Å².